The van der Waals surface area contributed by atoms with Crippen LogP contribution in [0.2, 0.25) is 5.02 Å². The predicted molar refractivity (Wildman–Crippen MR) is 111 cm³/mol. The monoisotopic (exact) mass is 452 g/mol. The third kappa shape index (κ3) is 5.95. The Hall–Kier alpha value is -3.60. The number of nitrogens with zero attached hydrogens (tertiary/aromatic N) is 2. The average Bonchev–Trinajstić information content (AvgIpc) is 3.01. The highest BCUT2D eigenvalue weighted by Gasteiger charge is 2.34. The van der Waals surface area contributed by atoms with Gasteiger partial charge in [-0.3, -0.25) is 14.9 Å². The number of hydrogen-bond acceptors (Lipinski definition) is 4. The lowest BCUT2D eigenvalue weighted by Crippen LogP contribution is -2.32. The molecule has 0 bridgehead atoms. The Labute approximate surface area is 179 Å². The van der Waals surface area contributed by atoms with Crippen LogP contribution in [0.1, 0.15) is 12.0 Å². The maximum atomic E-state index is 12.9. The summed E-state index contributed by atoms with van der Waals surface area (Å²) in [5, 5.41) is 7.00. The van der Waals surface area contributed by atoms with Gasteiger partial charge >= 0.3 is 6.18 Å². The fourth-order valence-corrected chi connectivity index (χ4v) is 2.87. The molecule has 1 aliphatic rings. The Morgan fingerprint density at radius 1 is 1.16 bits per heavy atom. The third-order valence-corrected chi connectivity index (χ3v) is 4.35. The highest BCUT2D eigenvalue weighted by atomic mass is 35.5. The minimum absolute atomic E-state index is 0.0313. The molecule has 12 heteroatoms. The summed E-state index contributed by atoms with van der Waals surface area (Å²) in [6.07, 6.45) is -5.07. The molecule has 0 aromatic heterocycles. The molecular formula is C19H16ClF3N6O2. The van der Waals surface area contributed by atoms with E-state index in [0.717, 1.165) is 6.07 Å². The largest absolute Gasteiger partial charge is 0.417 e. The van der Waals surface area contributed by atoms with E-state index >= 15 is 0 Å². The van der Waals surface area contributed by atoms with Crippen LogP contribution in [0.3, 0.4) is 0 Å². The molecule has 0 fully saturated rings. The van der Waals surface area contributed by atoms with Crippen molar-refractivity contribution in [2.45, 2.75) is 18.6 Å². The lowest BCUT2D eigenvalue weighted by atomic mass is 10.1. The smallest absolute Gasteiger partial charge is 0.369 e. The van der Waals surface area contributed by atoms with Crippen molar-refractivity contribution in [1.29, 1.82) is 0 Å². The number of nitrogens with two attached hydrogens (primary N) is 1. The minimum Gasteiger partial charge on any atom is -0.369 e. The summed E-state index contributed by atoms with van der Waals surface area (Å²) >= 11 is 5.55. The van der Waals surface area contributed by atoms with Gasteiger partial charge in [-0.05, 0) is 30.3 Å². The van der Waals surface area contributed by atoms with Crippen molar-refractivity contribution in [2.75, 3.05) is 10.6 Å². The molecule has 3 rings (SSSR count). The van der Waals surface area contributed by atoms with Gasteiger partial charge in [-0.1, -0.05) is 29.8 Å². The number of hydrogen-bond donors (Lipinski definition) is 4. The Morgan fingerprint density at radius 2 is 1.87 bits per heavy atom. The van der Waals surface area contributed by atoms with Gasteiger partial charge in [0.2, 0.25) is 17.8 Å². The second-order valence-corrected chi connectivity index (χ2v) is 6.80. The molecule has 5 N–H and O–H groups in total. The molecule has 8 nitrogen and oxygen atoms in total. The van der Waals surface area contributed by atoms with Gasteiger partial charge in [0.25, 0.3) is 5.91 Å². The summed E-state index contributed by atoms with van der Waals surface area (Å²) in [6, 6.07) is 10.8. The fourth-order valence-electron chi connectivity index (χ4n) is 2.65. The molecule has 0 unspecified atom stereocenters. The Kier molecular flexibility index (Phi) is 6.44. The number of anilines is 2. The van der Waals surface area contributed by atoms with E-state index in [4.69, 9.17) is 17.3 Å². The van der Waals surface area contributed by atoms with E-state index in [2.05, 4.69) is 25.9 Å². The normalized spacial score (nSPS) is 16.5. The van der Waals surface area contributed by atoms with E-state index in [-0.39, 0.29) is 17.6 Å². The molecule has 162 valence electrons. The van der Waals surface area contributed by atoms with Crippen LogP contribution in [0.25, 0.3) is 0 Å². The van der Waals surface area contributed by atoms with Crippen LogP contribution in [0.15, 0.2) is 58.5 Å². The van der Waals surface area contributed by atoms with Crippen molar-refractivity contribution < 1.29 is 22.8 Å². The van der Waals surface area contributed by atoms with E-state index in [1.165, 1.54) is 6.07 Å². The maximum absolute atomic E-state index is 12.9. The number of benzene rings is 2. The molecule has 0 saturated heterocycles. The molecule has 2 aromatic carbocycles. The van der Waals surface area contributed by atoms with Gasteiger partial charge in [-0.2, -0.15) is 18.2 Å². The molecule has 1 atom stereocenters. The van der Waals surface area contributed by atoms with Crippen LogP contribution in [0, 0.1) is 0 Å². The number of alkyl halides is 3. The van der Waals surface area contributed by atoms with Crippen LogP contribution in [-0.2, 0) is 15.8 Å². The first-order valence-electron chi connectivity index (χ1n) is 8.83. The summed E-state index contributed by atoms with van der Waals surface area (Å²) in [5.74, 6) is -1.42. The first-order valence-corrected chi connectivity index (χ1v) is 9.21. The number of carbonyl (C=O) groups excluding carboxylic acids is 2. The quantitative estimate of drug-likeness (QED) is 0.421. The van der Waals surface area contributed by atoms with Gasteiger partial charge in [0.05, 0.1) is 17.0 Å². The van der Waals surface area contributed by atoms with Crippen LogP contribution < -0.4 is 21.7 Å². The molecule has 1 aliphatic heterocycles. The van der Waals surface area contributed by atoms with Crippen LogP contribution in [0.5, 0.6) is 0 Å². The summed E-state index contributed by atoms with van der Waals surface area (Å²) < 4.78 is 38.8. The van der Waals surface area contributed by atoms with Crippen molar-refractivity contribution in [3.63, 3.8) is 0 Å². The van der Waals surface area contributed by atoms with E-state index < -0.39 is 41.0 Å². The van der Waals surface area contributed by atoms with Gasteiger partial charge in [0.15, 0.2) is 0 Å². The number of carbonyl (C=O) groups is 2. The number of rotatable bonds is 4. The minimum atomic E-state index is -4.67. The zero-order valence-corrected chi connectivity index (χ0v) is 16.5. The number of guanidine groups is 2. The summed E-state index contributed by atoms with van der Waals surface area (Å²) in [4.78, 5) is 32.2. The zero-order chi connectivity index (χ0) is 22.6. The van der Waals surface area contributed by atoms with Crippen molar-refractivity contribution in [1.82, 2.24) is 5.32 Å². The van der Waals surface area contributed by atoms with Crippen LogP contribution in [0.4, 0.5) is 24.5 Å². The SMILES string of the molecule is NC(=NC1=N[C@@H](CC(=O)Nc2ccc(Cl)c(C(F)(F)F)c2)C(=O)N1)Nc1ccccc1. The lowest BCUT2D eigenvalue weighted by Gasteiger charge is -2.12. The molecular weight excluding hydrogens is 437 g/mol. The highest BCUT2D eigenvalue weighted by molar-refractivity contribution is 6.31. The highest BCUT2D eigenvalue weighted by Crippen LogP contribution is 2.36. The molecule has 31 heavy (non-hydrogen) atoms. The molecule has 0 radical (unpaired) electrons. The van der Waals surface area contributed by atoms with Crippen molar-refractivity contribution in [3.8, 4) is 0 Å². The van der Waals surface area contributed by atoms with Crippen LogP contribution in [-0.4, -0.2) is 29.8 Å². The van der Waals surface area contributed by atoms with E-state index in [0.29, 0.717) is 11.8 Å². The van der Waals surface area contributed by atoms with E-state index in [9.17, 15) is 22.8 Å². The van der Waals surface area contributed by atoms with E-state index in [1.807, 2.05) is 6.07 Å². The van der Waals surface area contributed by atoms with Gasteiger partial charge < -0.3 is 16.4 Å². The first kappa shape index (κ1) is 22.1. The van der Waals surface area contributed by atoms with Crippen molar-refractivity contribution in [2.24, 2.45) is 15.7 Å². The molecule has 1 heterocycles. The number of aliphatic imine (C=N–C) groups is 2. The molecule has 2 amide bonds. The molecule has 0 spiro atoms. The maximum Gasteiger partial charge on any atom is 0.417 e. The second-order valence-electron chi connectivity index (χ2n) is 6.39. The van der Waals surface area contributed by atoms with Gasteiger partial charge in [-0.15, -0.1) is 0 Å². The summed E-state index contributed by atoms with van der Waals surface area (Å²) in [5.41, 5.74) is 5.24. The third-order valence-electron chi connectivity index (χ3n) is 4.02. The number of halogens is 4. The van der Waals surface area contributed by atoms with Gasteiger partial charge in [-0.25, -0.2) is 4.99 Å². The lowest BCUT2D eigenvalue weighted by molar-refractivity contribution is -0.137. The Morgan fingerprint density at radius 3 is 2.55 bits per heavy atom. The number of nitrogens with one attached hydrogen (secondary N) is 3. The van der Waals surface area contributed by atoms with Gasteiger partial charge in [0, 0.05) is 11.4 Å². The number of amides is 2. The summed E-state index contributed by atoms with van der Waals surface area (Å²) in [6.45, 7) is 0. The zero-order valence-electron chi connectivity index (χ0n) is 15.7. The first-order chi connectivity index (χ1) is 14.6. The predicted octanol–water partition coefficient (Wildman–Crippen LogP) is 2.97. The van der Waals surface area contributed by atoms with E-state index in [1.54, 1.807) is 24.3 Å². The number of para-hydroxylation sites is 1. The second kappa shape index (κ2) is 9.04. The Balaban J connectivity index is 1.63. The molecule has 0 aliphatic carbocycles. The molecule has 2 aromatic rings. The van der Waals surface area contributed by atoms with Crippen molar-refractivity contribution in [3.05, 3.63) is 59.1 Å². The fraction of sp³-hybridized carbons (Fsp3) is 0.158. The molecule has 0 saturated carbocycles. The Bertz CT molecular complexity index is 1060. The topological polar surface area (TPSA) is 121 Å². The standard InChI is InChI=1S/C19H16ClF3N6O2/c20-13-7-6-11(8-12(13)19(21,22)23)25-15(30)9-14-16(31)28-18(27-14)29-17(24)26-10-4-2-1-3-5-10/h1-8,14H,9H2,(H,25,30)(H4,24,26,27,28,29,31)/t14-/m0/s1. The van der Waals surface area contributed by atoms with Crippen molar-refractivity contribution >= 4 is 46.7 Å². The summed E-state index contributed by atoms with van der Waals surface area (Å²) in [7, 11) is 0. The van der Waals surface area contributed by atoms with Crippen LogP contribution >= 0.6 is 11.6 Å². The van der Waals surface area contributed by atoms with Gasteiger partial charge in [0.1, 0.15) is 6.04 Å². The average molecular weight is 453 g/mol.